The highest BCUT2D eigenvalue weighted by Crippen LogP contribution is 2.34. The maximum atomic E-state index is 12.1. The van der Waals surface area contributed by atoms with E-state index in [2.05, 4.69) is 39.4 Å². The van der Waals surface area contributed by atoms with Gasteiger partial charge in [-0.3, -0.25) is 9.69 Å². The molecule has 7 nitrogen and oxygen atoms in total. The Labute approximate surface area is 190 Å². The lowest BCUT2D eigenvalue weighted by molar-refractivity contribution is -0.129. The third kappa shape index (κ3) is 4.06. The fourth-order valence-corrected chi connectivity index (χ4v) is 5.56. The van der Waals surface area contributed by atoms with E-state index >= 15 is 0 Å². The fourth-order valence-electron chi connectivity index (χ4n) is 5.56. The highest BCUT2D eigenvalue weighted by atomic mass is 16.2. The molecule has 5 rings (SSSR count). The van der Waals surface area contributed by atoms with E-state index in [9.17, 15) is 4.79 Å². The van der Waals surface area contributed by atoms with Gasteiger partial charge in [-0.15, -0.1) is 0 Å². The maximum Gasteiger partial charge on any atom is 0.220 e. The minimum absolute atomic E-state index is 0.00355. The Bertz CT molecular complexity index is 986. The van der Waals surface area contributed by atoms with Gasteiger partial charge in [-0.2, -0.15) is 0 Å². The second-order valence-electron chi connectivity index (χ2n) is 9.26. The van der Waals surface area contributed by atoms with Crippen LogP contribution in [-0.4, -0.2) is 58.9 Å². The highest BCUT2D eigenvalue weighted by Gasteiger charge is 2.32. The SMILES string of the molecule is CNc1nc([C@@H]2CCCN2C(C)=O)nc2c1CCN(Cc1ccccc1N1CCCC1)C2. The first-order valence-corrected chi connectivity index (χ1v) is 12.0. The van der Waals surface area contributed by atoms with Crippen LogP contribution in [-0.2, 0) is 24.3 Å². The summed E-state index contributed by atoms with van der Waals surface area (Å²) in [6.45, 7) is 7.53. The van der Waals surface area contributed by atoms with E-state index in [0.29, 0.717) is 0 Å². The lowest BCUT2D eigenvalue weighted by Gasteiger charge is -2.32. The normalized spacial score (nSPS) is 21.1. The number of rotatable bonds is 5. The van der Waals surface area contributed by atoms with Crippen molar-refractivity contribution in [3.63, 3.8) is 0 Å². The molecule has 0 spiro atoms. The summed E-state index contributed by atoms with van der Waals surface area (Å²) in [5, 5.41) is 3.29. The maximum absolute atomic E-state index is 12.1. The van der Waals surface area contributed by atoms with E-state index in [1.165, 1.54) is 29.7 Å². The van der Waals surface area contributed by atoms with E-state index in [-0.39, 0.29) is 11.9 Å². The van der Waals surface area contributed by atoms with Gasteiger partial charge in [0.05, 0.1) is 11.7 Å². The highest BCUT2D eigenvalue weighted by molar-refractivity contribution is 5.74. The predicted octanol–water partition coefficient (Wildman–Crippen LogP) is 3.36. The number of nitrogens with one attached hydrogen (secondary N) is 1. The van der Waals surface area contributed by atoms with E-state index in [1.807, 2.05) is 11.9 Å². The second kappa shape index (κ2) is 9.06. The molecule has 32 heavy (non-hydrogen) atoms. The van der Waals surface area contributed by atoms with Crippen LogP contribution in [0.1, 0.15) is 61.3 Å². The Kier molecular flexibility index (Phi) is 6.00. The molecule has 1 amide bonds. The third-order valence-electron chi connectivity index (χ3n) is 7.19. The van der Waals surface area contributed by atoms with Crippen molar-refractivity contribution >= 4 is 17.4 Å². The minimum atomic E-state index is -0.00355. The van der Waals surface area contributed by atoms with Gasteiger partial charge in [0.1, 0.15) is 5.82 Å². The number of likely N-dealkylation sites (tertiary alicyclic amines) is 1. The molecular weight excluding hydrogens is 400 g/mol. The van der Waals surface area contributed by atoms with Gasteiger partial charge in [0.25, 0.3) is 0 Å². The summed E-state index contributed by atoms with van der Waals surface area (Å²) < 4.78 is 0. The van der Waals surface area contributed by atoms with Gasteiger partial charge in [0.15, 0.2) is 5.82 Å². The van der Waals surface area contributed by atoms with Crippen LogP contribution < -0.4 is 10.2 Å². The van der Waals surface area contributed by atoms with Gasteiger partial charge in [0.2, 0.25) is 5.91 Å². The van der Waals surface area contributed by atoms with E-state index in [1.54, 1.807) is 6.92 Å². The number of anilines is 2. The van der Waals surface area contributed by atoms with Crippen LogP contribution in [0.25, 0.3) is 0 Å². The quantitative estimate of drug-likeness (QED) is 0.779. The summed E-state index contributed by atoms with van der Waals surface area (Å²) in [6, 6.07) is 8.86. The number of para-hydroxylation sites is 1. The Balaban J connectivity index is 1.39. The van der Waals surface area contributed by atoms with E-state index < -0.39 is 0 Å². The molecule has 0 bridgehead atoms. The average Bonchev–Trinajstić information content (AvgIpc) is 3.51. The molecule has 3 aliphatic rings. The van der Waals surface area contributed by atoms with Crippen molar-refractivity contribution < 1.29 is 4.79 Å². The first-order valence-electron chi connectivity index (χ1n) is 12.0. The molecule has 0 saturated carbocycles. The molecule has 0 aliphatic carbocycles. The summed E-state index contributed by atoms with van der Waals surface area (Å²) in [5.41, 5.74) is 5.13. The zero-order chi connectivity index (χ0) is 22.1. The van der Waals surface area contributed by atoms with Gasteiger partial charge < -0.3 is 15.1 Å². The van der Waals surface area contributed by atoms with Crippen LogP contribution in [0, 0.1) is 0 Å². The summed E-state index contributed by atoms with van der Waals surface area (Å²) in [4.78, 5) is 29.0. The number of benzene rings is 1. The lowest BCUT2D eigenvalue weighted by Crippen LogP contribution is -2.34. The molecule has 0 radical (unpaired) electrons. The third-order valence-corrected chi connectivity index (χ3v) is 7.19. The molecule has 4 heterocycles. The second-order valence-corrected chi connectivity index (χ2v) is 9.26. The Hall–Kier alpha value is -2.67. The molecule has 1 aromatic carbocycles. The number of fused-ring (bicyclic) bond motifs is 1. The molecule has 3 aliphatic heterocycles. The Morgan fingerprint density at radius 3 is 2.69 bits per heavy atom. The van der Waals surface area contributed by atoms with Crippen LogP contribution in [0.5, 0.6) is 0 Å². The minimum Gasteiger partial charge on any atom is -0.373 e. The number of nitrogens with zero attached hydrogens (tertiary/aromatic N) is 5. The van der Waals surface area contributed by atoms with Gasteiger partial charge in [0, 0.05) is 64.5 Å². The smallest absolute Gasteiger partial charge is 0.220 e. The molecule has 7 heteroatoms. The van der Waals surface area contributed by atoms with Crippen molar-refractivity contribution in [2.24, 2.45) is 0 Å². The van der Waals surface area contributed by atoms with Crippen LogP contribution in [0.4, 0.5) is 11.5 Å². The molecule has 0 unspecified atom stereocenters. The van der Waals surface area contributed by atoms with Gasteiger partial charge >= 0.3 is 0 Å². The van der Waals surface area contributed by atoms with Crippen molar-refractivity contribution in [1.82, 2.24) is 19.8 Å². The summed E-state index contributed by atoms with van der Waals surface area (Å²) >= 11 is 0. The summed E-state index contributed by atoms with van der Waals surface area (Å²) in [5.74, 6) is 1.83. The summed E-state index contributed by atoms with van der Waals surface area (Å²) in [7, 11) is 1.93. The van der Waals surface area contributed by atoms with Crippen molar-refractivity contribution in [2.75, 3.05) is 43.4 Å². The molecule has 2 saturated heterocycles. The summed E-state index contributed by atoms with van der Waals surface area (Å²) in [6.07, 6.45) is 5.47. The van der Waals surface area contributed by atoms with Crippen molar-refractivity contribution in [2.45, 2.75) is 58.2 Å². The van der Waals surface area contributed by atoms with E-state index in [0.717, 1.165) is 75.9 Å². The number of hydrogen-bond acceptors (Lipinski definition) is 6. The molecule has 1 aromatic heterocycles. The Morgan fingerprint density at radius 1 is 1.09 bits per heavy atom. The molecule has 1 N–H and O–H groups in total. The predicted molar refractivity (Wildman–Crippen MR) is 127 cm³/mol. The first-order chi connectivity index (χ1) is 15.6. The zero-order valence-corrected chi connectivity index (χ0v) is 19.3. The van der Waals surface area contributed by atoms with Crippen molar-refractivity contribution in [1.29, 1.82) is 0 Å². The zero-order valence-electron chi connectivity index (χ0n) is 19.3. The van der Waals surface area contributed by atoms with Crippen molar-refractivity contribution in [3.05, 3.63) is 46.9 Å². The first kappa shape index (κ1) is 21.2. The molecule has 170 valence electrons. The fraction of sp³-hybridized carbons (Fsp3) is 0.560. The topological polar surface area (TPSA) is 64.6 Å². The van der Waals surface area contributed by atoms with Gasteiger partial charge in [-0.1, -0.05) is 18.2 Å². The molecule has 2 fully saturated rings. The molecule has 1 atom stereocenters. The number of amides is 1. The molecule has 2 aromatic rings. The number of carbonyl (C=O) groups is 1. The van der Waals surface area contributed by atoms with Gasteiger partial charge in [-0.05, 0) is 43.7 Å². The lowest BCUT2D eigenvalue weighted by atomic mass is 10.0. The van der Waals surface area contributed by atoms with Crippen molar-refractivity contribution in [3.8, 4) is 0 Å². The van der Waals surface area contributed by atoms with Crippen LogP contribution >= 0.6 is 0 Å². The largest absolute Gasteiger partial charge is 0.373 e. The van der Waals surface area contributed by atoms with Crippen LogP contribution in [0.3, 0.4) is 0 Å². The monoisotopic (exact) mass is 434 g/mol. The molecular formula is C25H34N6O. The van der Waals surface area contributed by atoms with Gasteiger partial charge in [-0.25, -0.2) is 9.97 Å². The standard InChI is InChI=1S/C25H34N6O/c1-18(32)31-14-7-10-23(31)25-27-21-17-29(15-11-20(21)24(26-2)28-25)16-19-8-3-4-9-22(19)30-12-5-6-13-30/h3-4,8-9,23H,5-7,10-17H2,1-2H3,(H,26,27,28)/t23-/m0/s1. The number of aromatic nitrogens is 2. The van der Waals surface area contributed by atoms with E-state index in [4.69, 9.17) is 9.97 Å². The van der Waals surface area contributed by atoms with Crippen LogP contribution in [0.2, 0.25) is 0 Å². The number of hydrogen-bond donors (Lipinski definition) is 1. The van der Waals surface area contributed by atoms with Crippen LogP contribution in [0.15, 0.2) is 24.3 Å². The average molecular weight is 435 g/mol. The Morgan fingerprint density at radius 2 is 1.91 bits per heavy atom. The number of carbonyl (C=O) groups excluding carboxylic acids is 1.